The fourth-order valence-corrected chi connectivity index (χ4v) is 4.02. The van der Waals surface area contributed by atoms with Crippen LogP contribution in [0.5, 0.6) is 0 Å². The highest BCUT2D eigenvalue weighted by atomic mass is 16.2. The van der Waals surface area contributed by atoms with E-state index in [1.807, 2.05) is 30.3 Å². The number of fused-ring (bicyclic) bond motifs is 1. The second kappa shape index (κ2) is 8.48. The van der Waals surface area contributed by atoms with Gasteiger partial charge in [-0.1, -0.05) is 30.3 Å². The summed E-state index contributed by atoms with van der Waals surface area (Å²) >= 11 is 0. The number of carbonyl (C=O) groups is 1. The van der Waals surface area contributed by atoms with Gasteiger partial charge in [-0.15, -0.1) is 0 Å². The zero-order valence-corrected chi connectivity index (χ0v) is 16.4. The van der Waals surface area contributed by atoms with Crippen LogP contribution < -0.4 is 10.6 Å². The molecule has 0 aliphatic carbocycles. The zero-order valence-electron chi connectivity index (χ0n) is 16.4. The molecule has 28 heavy (non-hydrogen) atoms. The molecule has 5 nitrogen and oxygen atoms in total. The Morgan fingerprint density at radius 2 is 1.93 bits per heavy atom. The van der Waals surface area contributed by atoms with Crippen molar-refractivity contribution in [3.8, 4) is 0 Å². The van der Waals surface area contributed by atoms with E-state index in [4.69, 9.17) is 0 Å². The quantitative estimate of drug-likeness (QED) is 0.620. The van der Waals surface area contributed by atoms with Gasteiger partial charge in [-0.3, -0.25) is 0 Å². The molecule has 0 unspecified atom stereocenters. The molecule has 1 aliphatic rings. The Kier molecular flexibility index (Phi) is 5.63. The number of piperidine rings is 1. The van der Waals surface area contributed by atoms with Crippen LogP contribution in [0.4, 0.5) is 10.5 Å². The Hall–Kier alpha value is -2.79. The minimum atomic E-state index is -0.161. The molecule has 0 spiro atoms. The molecule has 0 saturated carbocycles. The molecule has 1 saturated heterocycles. The van der Waals surface area contributed by atoms with Crippen LogP contribution in [-0.4, -0.2) is 42.6 Å². The number of aromatic nitrogens is 1. The van der Waals surface area contributed by atoms with E-state index in [0.29, 0.717) is 12.5 Å². The number of anilines is 1. The minimum absolute atomic E-state index is 0.161. The topological polar surface area (TPSA) is 60.2 Å². The second-order valence-corrected chi connectivity index (χ2v) is 7.70. The molecule has 0 bridgehead atoms. The number of likely N-dealkylation sites (tertiary alicyclic amines) is 1. The molecule has 2 aromatic carbocycles. The Morgan fingerprint density at radius 1 is 1.14 bits per heavy atom. The molecule has 146 valence electrons. The van der Waals surface area contributed by atoms with E-state index >= 15 is 0 Å². The third-order valence-electron chi connectivity index (χ3n) is 5.67. The smallest absolute Gasteiger partial charge is 0.319 e. The molecule has 0 atom stereocenters. The SMILES string of the molecule is CN1CCC(c2c[nH]c3ccc(NC(=O)NCCc4ccccc4)cc23)CC1. The molecule has 3 aromatic rings. The van der Waals surface area contributed by atoms with Crippen molar-refractivity contribution in [1.29, 1.82) is 0 Å². The summed E-state index contributed by atoms with van der Waals surface area (Å²) in [7, 11) is 2.18. The highest BCUT2D eigenvalue weighted by Crippen LogP contribution is 2.34. The fraction of sp³-hybridized carbons (Fsp3) is 0.348. The first-order valence-corrected chi connectivity index (χ1v) is 10.1. The number of urea groups is 1. The molecule has 1 aromatic heterocycles. The highest BCUT2D eigenvalue weighted by Gasteiger charge is 2.21. The lowest BCUT2D eigenvalue weighted by atomic mass is 9.89. The van der Waals surface area contributed by atoms with Gasteiger partial charge in [-0.05, 0) is 74.6 Å². The van der Waals surface area contributed by atoms with E-state index in [9.17, 15) is 4.79 Å². The molecule has 4 rings (SSSR count). The Balaban J connectivity index is 1.38. The maximum absolute atomic E-state index is 12.3. The van der Waals surface area contributed by atoms with Gasteiger partial charge in [0.2, 0.25) is 0 Å². The third-order valence-corrected chi connectivity index (χ3v) is 5.67. The highest BCUT2D eigenvalue weighted by molar-refractivity contribution is 5.94. The number of amides is 2. The van der Waals surface area contributed by atoms with Gasteiger partial charge in [0.15, 0.2) is 0 Å². The Bertz CT molecular complexity index is 926. The summed E-state index contributed by atoms with van der Waals surface area (Å²) in [6.45, 7) is 2.89. The van der Waals surface area contributed by atoms with Crippen molar-refractivity contribution in [1.82, 2.24) is 15.2 Å². The maximum Gasteiger partial charge on any atom is 0.319 e. The summed E-state index contributed by atoms with van der Waals surface area (Å²) < 4.78 is 0. The number of hydrogen-bond donors (Lipinski definition) is 3. The number of nitrogens with zero attached hydrogens (tertiary/aromatic N) is 1. The molecule has 2 amide bonds. The average molecular weight is 377 g/mol. The van der Waals surface area contributed by atoms with Crippen molar-refractivity contribution < 1.29 is 4.79 Å². The molecule has 2 heterocycles. The van der Waals surface area contributed by atoms with Gasteiger partial charge in [0, 0.05) is 29.3 Å². The molecular formula is C23H28N4O. The first kappa shape index (κ1) is 18.6. The minimum Gasteiger partial charge on any atom is -0.361 e. The normalized spacial score (nSPS) is 15.6. The van der Waals surface area contributed by atoms with Crippen LogP contribution in [0, 0.1) is 0 Å². The summed E-state index contributed by atoms with van der Waals surface area (Å²) in [5, 5.41) is 7.14. The van der Waals surface area contributed by atoms with Crippen molar-refractivity contribution >= 4 is 22.6 Å². The van der Waals surface area contributed by atoms with Crippen molar-refractivity contribution in [2.24, 2.45) is 0 Å². The molecular weight excluding hydrogens is 348 g/mol. The van der Waals surface area contributed by atoms with E-state index < -0.39 is 0 Å². The predicted octanol–water partition coefficient (Wildman–Crippen LogP) is 4.34. The van der Waals surface area contributed by atoms with Crippen molar-refractivity contribution in [2.75, 3.05) is 32.0 Å². The van der Waals surface area contributed by atoms with Gasteiger partial charge < -0.3 is 20.5 Å². The average Bonchev–Trinajstić information content (AvgIpc) is 3.13. The van der Waals surface area contributed by atoms with Crippen molar-refractivity contribution in [2.45, 2.75) is 25.2 Å². The van der Waals surface area contributed by atoms with Crippen LogP contribution in [0.1, 0.15) is 29.9 Å². The lowest BCUT2D eigenvalue weighted by molar-refractivity contribution is 0.252. The van der Waals surface area contributed by atoms with Gasteiger partial charge in [-0.2, -0.15) is 0 Å². The molecule has 5 heteroatoms. The fourth-order valence-electron chi connectivity index (χ4n) is 4.02. The Morgan fingerprint density at radius 3 is 2.71 bits per heavy atom. The van der Waals surface area contributed by atoms with E-state index in [2.05, 4.69) is 52.0 Å². The van der Waals surface area contributed by atoms with Gasteiger partial charge in [0.25, 0.3) is 0 Å². The standard InChI is InChI=1S/C23H28N4O/c1-27-13-10-18(11-14-27)21-16-25-22-8-7-19(15-20(21)22)26-23(28)24-12-9-17-5-3-2-4-6-17/h2-8,15-16,18,25H,9-14H2,1H3,(H2,24,26,28). The summed E-state index contributed by atoms with van der Waals surface area (Å²) in [5.74, 6) is 0.583. The lowest BCUT2D eigenvalue weighted by Crippen LogP contribution is -2.30. The number of carbonyl (C=O) groups excluding carboxylic acids is 1. The second-order valence-electron chi connectivity index (χ2n) is 7.70. The predicted molar refractivity (Wildman–Crippen MR) is 115 cm³/mol. The molecule has 1 fully saturated rings. The van der Waals surface area contributed by atoms with Crippen molar-refractivity contribution in [3.05, 3.63) is 65.9 Å². The van der Waals surface area contributed by atoms with Gasteiger partial charge in [-0.25, -0.2) is 4.79 Å². The van der Waals surface area contributed by atoms with Crippen LogP contribution in [0.2, 0.25) is 0 Å². The van der Waals surface area contributed by atoms with E-state index in [1.165, 1.54) is 29.4 Å². The van der Waals surface area contributed by atoms with Crippen LogP contribution in [0.3, 0.4) is 0 Å². The molecule has 1 aliphatic heterocycles. The maximum atomic E-state index is 12.3. The van der Waals surface area contributed by atoms with Crippen molar-refractivity contribution in [3.63, 3.8) is 0 Å². The summed E-state index contributed by atoms with van der Waals surface area (Å²) in [4.78, 5) is 18.0. The molecule has 3 N–H and O–H groups in total. The van der Waals surface area contributed by atoms with E-state index in [0.717, 1.165) is 30.7 Å². The lowest BCUT2D eigenvalue weighted by Gasteiger charge is -2.28. The zero-order chi connectivity index (χ0) is 19.3. The van der Waals surface area contributed by atoms with Gasteiger partial charge in [0.05, 0.1) is 0 Å². The van der Waals surface area contributed by atoms with E-state index in [-0.39, 0.29) is 6.03 Å². The first-order valence-electron chi connectivity index (χ1n) is 10.1. The largest absolute Gasteiger partial charge is 0.361 e. The first-order chi connectivity index (χ1) is 13.7. The molecule has 0 radical (unpaired) electrons. The Labute approximate surface area is 166 Å². The monoisotopic (exact) mass is 376 g/mol. The number of nitrogens with one attached hydrogen (secondary N) is 3. The number of H-pyrrole nitrogens is 1. The number of hydrogen-bond acceptors (Lipinski definition) is 2. The number of benzene rings is 2. The van der Waals surface area contributed by atoms with E-state index in [1.54, 1.807) is 0 Å². The summed E-state index contributed by atoms with van der Waals surface area (Å²) in [6, 6.07) is 16.1. The van der Waals surface area contributed by atoms with Gasteiger partial charge >= 0.3 is 6.03 Å². The van der Waals surface area contributed by atoms with Gasteiger partial charge in [0.1, 0.15) is 0 Å². The third kappa shape index (κ3) is 4.37. The number of aromatic amines is 1. The van der Waals surface area contributed by atoms with Crippen LogP contribution in [0.25, 0.3) is 10.9 Å². The van der Waals surface area contributed by atoms with Crippen LogP contribution >= 0.6 is 0 Å². The summed E-state index contributed by atoms with van der Waals surface area (Å²) in [6.07, 6.45) is 5.33. The summed E-state index contributed by atoms with van der Waals surface area (Å²) in [5.41, 5.74) is 4.55. The van der Waals surface area contributed by atoms with Crippen LogP contribution in [-0.2, 0) is 6.42 Å². The number of rotatable bonds is 5. The van der Waals surface area contributed by atoms with Crippen LogP contribution in [0.15, 0.2) is 54.7 Å².